The van der Waals surface area contributed by atoms with Crippen molar-refractivity contribution < 1.29 is 29.0 Å². The molecule has 0 aliphatic rings. The van der Waals surface area contributed by atoms with Crippen LogP contribution in [-0.4, -0.2) is 12.1 Å². The van der Waals surface area contributed by atoms with Gasteiger partial charge in [-0.3, -0.25) is 0 Å². The molecule has 0 aromatic heterocycles. The number of esters is 1. The van der Waals surface area contributed by atoms with E-state index in [4.69, 9.17) is 4.74 Å². The maximum absolute atomic E-state index is 10.6. The van der Waals surface area contributed by atoms with E-state index in [1.807, 2.05) is 6.92 Å². The van der Waals surface area contributed by atoms with E-state index in [2.05, 4.69) is 13.5 Å². The first-order valence-corrected chi connectivity index (χ1v) is 3.53. The molecule has 3 heteroatoms. The van der Waals surface area contributed by atoms with Gasteiger partial charge < -0.3 is 4.74 Å². The molecule has 60 valence electrons. The van der Waals surface area contributed by atoms with Gasteiger partial charge in [0, 0.05) is 25.6 Å². The van der Waals surface area contributed by atoms with Crippen molar-refractivity contribution in [3.63, 3.8) is 0 Å². The van der Waals surface area contributed by atoms with Crippen LogP contribution < -0.4 is 0 Å². The van der Waals surface area contributed by atoms with Gasteiger partial charge >= 0.3 is 5.97 Å². The molecule has 1 unspecified atom stereocenters. The smallest absolute Gasteiger partial charge is 0.330 e. The number of ether oxygens (including phenoxy) is 1. The molecule has 0 radical (unpaired) electrons. The molecule has 2 nitrogen and oxygen atoms in total. The molecular formula is C8H14O2Zn. The molecule has 11 heavy (non-hydrogen) atoms. The van der Waals surface area contributed by atoms with Crippen LogP contribution in [0.15, 0.2) is 12.7 Å². The average molecular weight is 208 g/mol. The fourth-order valence-electron chi connectivity index (χ4n) is 0.712. The fraction of sp³-hybridized carbons (Fsp3) is 0.625. The van der Waals surface area contributed by atoms with Crippen molar-refractivity contribution in [2.24, 2.45) is 0 Å². The van der Waals surface area contributed by atoms with E-state index in [1.54, 1.807) is 0 Å². The monoisotopic (exact) mass is 206 g/mol. The first kappa shape index (κ1) is 13.4. The SMILES string of the molecule is C=CC(=O)OC(C)CCC.[Zn]. The van der Waals surface area contributed by atoms with Crippen LogP contribution >= 0.6 is 0 Å². The van der Waals surface area contributed by atoms with Crippen molar-refractivity contribution in [1.29, 1.82) is 0 Å². The number of rotatable bonds is 4. The fourth-order valence-corrected chi connectivity index (χ4v) is 0.712. The van der Waals surface area contributed by atoms with Crippen molar-refractivity contribution in [2.75, 3.05) is 0 Å². The number of carbonyl (C=O) groups excluding carboxylic acids is 1. The van der Waals surface area contributed by atoms with Crippen molar-refractivity contribution in [3.05, 3.63) is 12.7 Å². The van der Waals surface area contributed by atoms with E-state index in [9.17, 15) is 4.79 Å². The second kappa shape index (κ2) is 7.94. The van der Waals surface area contributed by atoms with Gasteiger partial charge in [0.2, 0.25) is 0 Å². The first-order valence-electron chi connectivity index (χ1n) is 3.53. The largest absolute Gasteiger partial charge is 0.460 e. The molecule has 0 aliphatic heterocycles. The minimum atomic E-state index is -0.332. The summed E-state index contributed by atoms with van der Waals surface area (Å²) in [6.45, 7) is 7.23. The van der Waals surface area contributed by atoms with Crippen LogP contribution in [0.4, 0.5) is 0 Å². The molecule has 0 bridgehead atoms. The third-order valence-corrected chi connectivity index (χ3v) is 1.18. The average Bonchev–Trinajstić information content (AvgIpc) is 1.88. The maximum Gasteiger partial charge on any atom is 0.330 e. The maximum atomic E-state index is 10.6. The van der Waals surface area contributed by atoms with Crippen LogP contribution in [0.5, 0.6) is 0 Å². The Morgan fingerprint density at radius 3 is 2.64 bits per heavy atom. The van der Waals surface area contributed by atoms with Crippen molar-refractivity contribution in [3.8, 4) is 0 Å². The summed E-state index contributed by atoms with van der Waals surface area (Å²) in [5, 5.41) is 0. The van der Waals surface area contributed by atoms with Crippen LogP contribution in [0.1, 0.15) is 26.7 Å². The van der Waals surface area contributed by atoms with Gasteiger partial charge in [-0.05, 0) is 13.3 Å². The van der Waals surface area contributed by atoms with E-state index in [0.29, 0.717) is 0 Å². The summed E-state index contributed by atoms with van der Waals surface area (Å²) in [5.41, 5.74) is 0. The van der Waals surface area contributed by atoms with E-state index in [-0.39, 0.29) is 31.6 Å². The molecule has 0 aromatic rings. The summed E-state index contributed by atoms with van der Waals surface area (Å²) in [6, 6.07) is 0. The summed E-state index contributed by atoms with van der Waals surface area (Å²) in [4.78, 5) is 10.6. The molecule has 1 atom stereocenters. The van der Waals surface area contributed by atoms with Gasteiger partial charge in [0.1, 0.15) is 0 Å². The van der Waals surface area contributed by atoms with E-state index in [1.165, 1.54) is 6.08 Å². The predicted octanol–water partition coefficient (Wildman–Crippen LogP) is 1.90. The molecule has 0 N–H and O–H groups in total. The first-order chi connectivity index (χ1) is 4.70. The molecule has 0 spiro atoms. The normalized spacial score (nSPS) is 11.1. The van der Waals surface area contributed by atoms with Gasteiger partial charge in [-0.25, -0.2) is 4.79 Å². The van der Waals surface area contributed by atoms with Gasteiger partial charge in [0.15, 0.2) is 0 Å². The number of carbonyl (C=O) groups is 1. The zero-order valence-corrected chi connectivity index (χ0v) is 10.3. The third-order valence-electron chi connectivity index (χ3n) is 1.18. The molecule has 0 saturated carbocycles. The summed E-state index contributed by atoms with van der Waals surface area (Å²) in [6.07, 6.45) is 3.16. The van der Waals surface area contributed by atoms with Gasteiger partial charge in [-0.2, -0.15) is 0 Å². The number of hydrogen-bond donors (Lipinski definition) is 0. The topological polar surface area (TPSA) is 26.3 Å². The van der Waals surface area contributed by atoms with Crippen LogP contribution in [0.25, 0.3) is 0 Å². The summed E-state index contributed by atoms with van der Waals surface area (Å²) < 4.78 is 4.88. The molecule has 0 aliphatic carbocycles. The minimum absolute atomic E-state index is 0. The summed E-state index contributed by atoms with van der Waals surface area (Å²) in [5.74, 6) is -0.332. The standard InChI is InChI=1S/C8H14O2.Zn/c1-4-6-7(3)10-8(9)5-2;/h5,7H,2,4,6H2,1,3H3;. The molecule has 0 aromatic carbocycles. The number of hydrogen-bond acceptors (Lipinski definition) is 2. The van der Waals surface area contributed by atoms with Crippen LogP contribution in [0.3, 0.4) is 0 Å². The third kappa shape index (κ3) is 7.73. The van der Waals surface area contributed by atoms with E-state index >= 15 is 0 Å². The van der Waals surface area contributed by atoms with Crippen molar-refractivity contribution in [1.82, 2.24) is 0 Å². The van der Waals surface area contributed by atoms with Gasteiger partial charge in [-0.15, -0.1) is 0 Å². The molecule has 0 heterocycles. The summed E-state index contributed by atoms with van der Waals surface area (Å²) in [7, 11) is 0. The van der Waals surface area contributed by atoms with Gasteiger partial charge in [0.05, 0.1) is 6.10 Å². The Labute approximate surface area is 80.8 Å². The van der Waals surface area contributed by atoms with Crippen molar-refractivity contribution >= 4 is 5.97 Å². The Morgan fingerprint density at radius 1 is 1.73 bits per heavy atom. The quantitative estimate of drug-likeness (QED) is 0.400. The van der Waals surface area contributed by atoms with Crippen LogP contribution in [-0.2, 0) is 29.0 Å². The Morgan fingerprint density at radius 2 is 2.27 bits per heavy atom. The van der Waals surface area contributed by atoms with E-state index < -0.39 is 0 Å². The second-order valence-corrected chi connectivity index (χ2v) is 2.24. The Hall–Kier alpha value is -0.167. The van der Waals surface area contributed by atoms with Crippen LogP contribution in [0.2, 0.25) is 0 Å². The van der Waals surface area contributed by atoms with Crippen molar-refractivity contribution in [2.45, 2.75) is 32.8 Å². The molecular weight excluding hydrogens is 193 g/mol. The van der Waals surface area contributed by atoms with Crippen LogP contribution in [0, 0.1) is 0 Å². The Bertz CT molecular complexity index is 123. The summed E-state index contributed by atoms with van der Waals surface area (Å²) >= 11 is 0. The second-order valence-electron chi connectivity index (χ2n) is 2.24. The van der Waals surface area contributed by atoms with Gasteiger partial charge in [-0.1, -0.05) is 19.9 Å². The molecule has 0 saturated heterocycles. The molecule has 0 amide bonds. The van der Waals surface area contributed by atoms with E-state index in [0.717, 1.165) is 12.8 Å². The predicted molar refractivity (Wildman–Crippen MR) is 40.7 cm³/mol. The molecule has 0 rings (SSSR count). The minimum Gasteiger partial charge on any atom is -0.460 e. The Kier molecular flexibility index (Phi) is 9.68. The van der Waals surface area contributed by atoms with Gasteiger partial charge in [0.25, 0.3) is 0 Å². The zero-order chi connectivity index (χ0) is 7.98. The molecule has 0 fully saturated rings. The Balaban J connectivity index is 0. The zero-order valence-electron chi connectivity index (χ0n) is 7.30.